The fourth-order valence-corrected chi connectivity index (χ4v) is 2.30. The highest BCUT2D eigenvalue weighted by Gasteiger charge is 2.23. The number of hydrogen-bond donors (Lipinski definition) is 1. The van der Waals surface area contributed by atoms with E-state index in [1.54, 1.807) is 18.3 Å². The zero-order chi connectivity index (χ0) is 14.5. The fourth-order valence-electron chi connectivity index (χ4n) is 2.30. The quantitative estimate of drug-likeness (QED) is 0.909. The molecule has 2 atom stereocenters. The summed E-state index contributed by atoms with van der Waals surface area (Å²) in [6.45, 7) is 2.37. The molecule has 0 saturated heterocycles. The maximum Gasteiger partial charge on any atom is 0.127 e. The molecule has 1 aromatic heterocycles. The van der Waals surface area contributed by atoms with Crippen molar-refractivity contribution in [2.24, 2.45) is 5.73 Å². The minimum absolute atomic E-state index is 0.0763. The zero-order valence-electron chi connectivity index (χ0n) is 11.7. The van der Waals surface area contributed by atoms with E-state index in [0.29, 0.717) is 12.1 Å². The summed E-state index contributed by atoms with van der Waals surface area (Å²) in [6.07, 6.45) is 3.19. The van der Waals surface area contributed by atoms with Gasteiger partial charge in [-0.3, -0.25) is 4.90 Å². The van der Waals surface area contributed by atoms with Crippen LogP contribution in [0.15, 0.2) is 42.9 Å². The summed E-state index contributed by atoms with van der Waals surface area (Å²) in [5, 5.41) is 0. The van der Waals surface area contributed by atoms with E-state index in [1.165, 1.54) is 12.4 Å². The molecule has 2 N–H and O–H groups in total. The Morgan fingerprint density at radius 1 is 1.30 bits per heavy atom. The van der Waals surface area contributed by atoms with E-state index in [2.05, 4.69) is 9.97 Å². The number of hydrogen-bond acceptors (Lipinski definition) is 4. The monoisotopic (exact) mass is 274 g/mol. The third-order valence-corrected chi connectivity index (χ3v) is 3.63. The molecular weight excluding hydrogens is 255 g/mol. The van der Waals surface area contributed by atoms with Gasteiger partial charge in [-0.15, -0.1) is 0 Å². The van der Waals surface area contributed by atoms with Gasteiger partial charge in [0, 0.05) is 24.3 Å². The van der Waals surface area contributed by atoms with Crippen LogP contribution >= 0.6 is 0 Å². The summed E-state index contributed by atoms with van der Waals surface area (Å²) >= 11 is 0. The highest BCUT2D eigenvalue weighted by molar-refractivity contribution is 5.21. The molecule has 5 heteroatoms. The lowest BCUT2D eigenvalue weighted by Crippen LogP contribution is -2.33. The third kappa shape index (κ3) is 3.00. The molecule has 0 amide bonds. The van der Waals surface area contributed by atoms with Crippen LogP contribution < -0.4 is 5.73 Å². The molecule has 4 nitrogen and oxygen atoms in total. The Kier molecular flexibility index (Phi) is 4.76. The Morgan fingerprint density at radius 2 is 2.05 bits per heavy atom. The van der Waals surface area contributed by atoms with Crippen LogP contribution in [0.25, 0.3) is 0 Å². The molecule has 0 fully saturated rings. The van der Waals surface area contributed by atoms with E-state index < -0.39 is 0 Å². The van der Waals surface area contributed by atoms with E-state index in [0.717, 1.165) is 5.69 Å². The molecule has 2 rings (SSSR count). The van der Waals surface area contributed by atoms with Gasteiger partial charge >= 0.3 is 0 Å². The zero-order valence-corrected chi connectivity index (χ0v) is 11.7. The number of likely N-dealkylation sites (N-methyl/N-ethyl adjacent to an activating group) is 1. The van der Waals surface area contributed by atoms with Gasteiger partial charge in [-0.05, 0) is 26.1 Å². The van der Waals surface area contributed by atoms with Gasteiger partial charge in [-0.1, -0.05) is 18.2 Å². The second kappa shape index (κ2) is 6.54. The van der Waals surface area contributed by atoms with Gasteiger partial charge < -0.3 is 5.73 Å². The number of nitrogens with zero attached hydrogens (tertiary/aromatic N) is 3. The lowest BCUT2D eigenvalue weighted by atomic mass is 10.0. The van der Waals surface area contributed by atoms with E-state index in [4.69, 9.17) is 5.73 Å². The maximum absolute atomic E-state index is 13.9. The summed E-state index contributed by atoms with van der Waals surface area (Å²) in [5.41, 5.74) is 7.36. The molecule has 0 bridgehead atoms. The van der Waals surface area contributed by atoms with E-state index in [-0.39, 0.29) is 17.9 Å². The Balaban J connectivity index is 2.25. The van der Waals surface area contributed by atoms with Crippen molar-refractivity contribution < 1.29 is 4.39 Å². The Morgan fingerprint density at radius 3 is 2.65 bits per heavy atom. The smallest absolute Gasteiger partial charge is 0.127 e. The van der Waals surface area contributed by atoms with Crippen LogP contribution in [0.4, 0.5) is 4.39 Å². The Bertz CT molecular complexity index is 547. The van der Waals surface area contributed by atoms with E-state index in [1.807, 2.05) is 31.0 Å². The average Bonchev–Trinajstić information content (AvgIpc) is 2.49. The topological polar surface area (TPSA) is 55.0 Å². The lowest BCUT2D eigenvalue weighted by Gasteiger charge is -2.32. The fraction of sp³-hybridized carbons (Fsp3) is 0.333. The summed E-state index contributed by atoms with van der Waals surface area (Å²) in [6, 6.07) is 8.46. The maximum atomic E-state index is 13.9. The SMILES string of the molecule is CC(c1ccccc1F)N(C)C(CN)c1ccncn1. The van der Waals surface area contributed by atoms with Gasteiger partial charge in [-0.2, -0.15) is 0 Å². The molecule has 2 aromatic rings. The lowest BCUT2D eigenvalue weighted by molar-refractivity contribution is 0.183. The van der Waals surface area contributed by atoms with Gasteiger partial charge in [-0.25, -0.2) is 14.4 Å². The van der Waals surface area contributed by atoms with Crippen LogP contribution in [0, 0.1) is 5.82 Å². The van der Waals surface area contributed by atoms with Crippen LogP contribution in [0.2, 0.25) is 0 Å². The number of nitrogens with two attached hydrogens (primary N) is 1. The first-order chi connectivity index (χ1) is 9.65. The first-order valence-electron chi connectivity index (χ1n) is 6.57. The molecule has 0 aliphatic rings. The van der Waals surface area contributed by atoms with Crippen molar-refractivity contribution in [2.45, 2.75) is 19.0 Å². The number of aromatic nitrogens is 2. The van der Waals surface area contributed by atoms with Crippen LogP contribution in [0.5, 0.6) is 0 Å². The molecule has 0 radical (unpaired) electrons. The molecule has 1 heterocycles. The molecule has 0 aliphatic heterocycles. The van der Waals surface area contributed by atoms with E-state index in [9.17, 15) is 4.39 Å². The van der Waals surface area contributed by atoms with Gasteiger partial charge in [0.05, 0.1) is 11.7 Å². The second-order valence-corrected chi connectivity index (χ2v) is 4.75. The molecule has 0 saturated carbocycles. The highest BCUT2D eigenvalue weighted by atomic mass is 19.1. The predicted octanol–water partition coefficient (Wildman–Crippen LogP) is 2.31. The number of halogens is 1. The van der Waals surface area contributed by atoms with Gasteiger partial charge in [0.25, 0.3) is 0 Å². The van der Waals surface area contributed by atoms with E-state index >= 15 is 0 Å². The molecule has 0 aliphatic carbocycles. The first kappa shape index (κ1) is 14.6. The van der Waals surface area contributed by atoms with Gasteiger partial charge in [0.2, 0.25) is 0 Å². The van der Waals surface area contributed by atoms with Gasteiger partial charge in [0.1, 0.15) is 12.1 Å². The summed E-state index contributed by atoms with van der Waals surface area (Å²) < 4.78 is 13.9. The van der Waals surface area contributed by atoms with Gasteiger partial charge in [0.15, 0.2) is 0 Å². The summed E-state index contributed by atoms with van der Waals surface area (Å²) in [7, 11) is 1.93. The summed E-state index contributed by atoms with van der Waals surface area (Å²) in [5.74, 6) is -0.203. The van der Waals surface area contributed by atoms with Crippen molar-refractivity contribution >= 4 is 0 Å². The minimum atomic E-state index is -0.203. The van der Waals surface area contributed by atoms with Crippen molar-refractivity contribution in [3.05, 3.63) is 59.9 Å². The van der Waals surface area contributed by atoms with Crippen molar-refractivity contribution in [3.63, 3.8) is 0 Å². The largest absolute Gasteiger partial charge is 0.329 e. The normalized spacial score (nSPS) is 14.2. The third-order valence-electron chi connectivity index (χ3n) is 3.63. The molecule has 106 valence electrons. The number of rotatable bonds is 5. The first-order valence-corrected chi connectivity index (χ1v) is 6.57. The molecule has 2 unspecified atom stereocenters. The highest BCUT2D eigenvalue weighted by Crippen LogP contribution is 2.28. The van der Waals surface area contributed by atoms with Crippen molar-refractivity contribution in [2.75, 3.05) is 13.6 Å². The number of benzene rings is 1. The predicted molar refractivity (Wildman–Crippen MR) is 76.4 cm³/mol. The molecule has 0 spiro atoms. The van der Waals surface area contributed by atoms with Crippen LogP contribution in [-0.4, -0.2) is 28.5 Å². The molecule has 1 aromatic carbocycles. The van der Waals surface area contributed by atoms with Crippen LogP contribution in [0.1, 0.15) is 30.3 Å². The average molecular weight is 274 g/mol. The Labute approximate surface area is 118 Å². The van der Waals surface area contributed by atoms with Crippen molar-refractivity contribution in [1.82, 2.24) is 14.9 Å². The summed E-state index contributed by atoms with van der Waals surface area (Å²) in [4.78, 5) is 10.2. The minimum Gasteiger partial charge on any atom is -0.329 e. The van der Waals surface area contributed by atoms with Crippen LogP contribution in [-0.2, 0) is 0 Å². The van der Waals surface area contributed by atoms with Crippen LogP contribution in [0.3, 0.4) is 0 Å². The van der Waals surface area contributed by atoms with Crippen molar-refractivity contribution in [3.8, 4) is 0 Å². The second-order valence-electron chi connectivity index (χ2n) is 4.75. The van der Waals surface area contributed by atoms with Crippen molar-refractivity contribution in [1.29, 1.82) is 0 Å². The Hall–Kier alpha value is -1.85. The molecule has 20 heavy (non-hydrogen) atoms. The molecular formula is C15H19FN4. The standard InChI is InChI=1S/C15H19FN4/c1-11(12-5-3-4-6-13(12)16)20(2)15(9-17)14-7-8-18-10-19-14/h3-8,10-11,15H,9,17H2,1-2H3.